The molecule has 0 saturated carbocycles. The number of allylic oxidation sites excluding steroid dienone is 1. The standard InChI is InChI=1S/C47H54F2N10O5/c1-29(61)58-22-17-39(38(28-58)45(51)59-19-6-9-31-24-36(32(26-50)27-53-2)37(44(48)49)25-41(31)59)55-33-15-20-57(21-16-33)42(62)12-4-3-8-30-13-14-35(43-34(30)10-5-18-54-43)47(64)56-40(46(52)63)11-7-23-60/h5,10,13-14,18,23-27,33,40,44,51,55H,4,6-7,9,11-12,15-17,19-22,28,50H2,1-2H3,(H2,52,63)(H,56,64). The molecule has 1 fully saturated rings. The van der Waals surface area contributed by atoms with Crippen LogP contribution in [0.15, 0.2) is 65.1 Å². The maximum atomic E-state index is 14.5. The van der Waals surface area contributed by atoms with Gasteiger partial charge in [-0.1, -0.05) is 11.8 Å². The summed E-state index contributed by atoms with van der Waals surface area (Å²) in [6.07, 6.45) is 5.97. The van der Waals surface area contributed by atoms with Gasteiger partial charge in [0.2, 0.25) is 17.7 Å². The van der Waals surface area contributed by atoms with E-state index in [4.69, 9.17) is 11.5 Å². The van der Waals surface area contributed by atoms with Crippen molar-refractivity contribution in [2.75, 3.05) is 44.7 Å². The van der Waals surface area contributed by atoms with Gasteiger partial charge in [0.05, 0.1) is 17.6 Å². The van der Waals surface area contributed by atoms with Gasteiger partial charge in [-0.25, -0.2) is 8.78 Å². The monoisotopic (exact) mass is 876 g/mol. The number of nitrogens with two attached hydrogens (primary N) is 2. The predicted octanol–water partition coefficient (Wildman–Crippen LogP) is 4.38. The lowest BCUT2D eigenvalue weighted by molar-refractivity contribution is -0.132. The fourth-order valence-corrected chi connectivity index (χ4v) is 8.45. The summed E-state index contributed by atoms with van der Waals surface area (Å²) in [5.74, 6) is 4.93. The van der Waals surface area contributed by atoms with E-state index >= 15 is 0 Å². The number of hydrogen-bond donors (Lipinski definition) is 5. The lowest BCUT2D eigenvalue weighted by Gasteiger charge is -2.39. The zero-order valence-electron chi connectivity index (χ0n) is 36.1. The minimum absolute atomic E-state index is 0.0128. The van der Waals surface area contributed by atoms with Crippen LogP contribution < -0.4 is 27.0 Å². The number of benzene rings is 2. The van der Waals surface area contributed by atoms with Gasteiger partial charge < -0.3 is 41.6 Å². The summed E-state index contributed by atoms with van der Waals surface area (Å²) in [5, 5.41) is 16.4. The van der Waals surface area contributed by atoms with Gasteiger partial charge in [-0.3, -0.25) is 34.6 Å². The second-order valence-electron chi connectivity index (χ2n) is 16.0. The van der Waals surface area contributed by atoms with Gasteiger partial charge in [-0.05, 0) is 79.6 Å². The minimum Gasteiger partial charge on any atom is -0.404 e. The molecule has 0 aliphatic carbocycles. The number of aromatic nitrogens is 1. The van der Waals surface area contributed by atoms with Crippen molar-refractivity contribution in [2.45, 2.75) is 83.2 Å². The van der Waals surface area contributed by atoms with E-state index in [0.29, 0.717) is 110 Å². The molecule has 0 bridgehead atoms. The number of aliphatic imine (C=N–C) groups is 1. The van der Waals surface area contributed by atoms with Gasteiger partial charge in [-0.15, -0.1) is 0 Å². The molecule has 17 heteroatoms. The van der Waals surface area contributed by atoms with Gasteiger partial charge in [0.25, 0.3) is 12.3 Å². The molecule has 0 spiro atoms. The number of nitrogens with one attached hydrogen (secondary N) is 3. The number of pyridine rings is 1. The smallest absolute Gasteiger partial charge is 0.264 e. The van der Waals surface area contributed by atoms with Gasteiger partial charge in [0.1, 0.15) is 18.2 Å². The van der Waals surface area contributed by atoms with Crippen molar-refractivity contribution in [3.63, 3.8) is 0 Å². The molecule has 0 radical (unpaired) electrons. The highest BCUT2D eigenvalue weighted by atomic mass is 19.3. The molecule has 15 nitrogen and oxygen atoms in total. The summed E-state index contributed by atoms with van der Waals surface area (Å²) in [7, 11) is 1.55. The molecule has 1 atom stereocenters. The molecule has 4 amide bonds. The first kappa shape index (κ1) is 46.5. The molecule has 1 aromatic heterocycles. The summed E-state index contributed by atoms with van der Waals surface area (Å²) in [6.45, 7) is 3.68. The molecule has 3 aromatic rings. The summed E-state index contributed by atoms with van der Waals surface area (Å²) < 4.78 is 29.1. The number of likely N-dealkylation sites (tertiary alicyclic amines) is 1. The molecule has 3 aliphatic heterocycles. The first-order valence-corrected chi connectivity index (χ1v) is 21.4. The Hall–Kier alpha value is -6.96. The number of amidine groups is 1. The summed E-state index contributed by atoms with van der Waals surface area (Å²) in [5.41, 5.74) is 15.8. The third-order valence-electron chi connectivity index (χ3n) is 11.9. The number of primary amides is 1. The number of carbonyl (C=O) groups excluding carboxylic acids is 5. The third kappa shape index (κ3) is 10.8. The Labute approximate surface area is 370 Å². The topological polar surface area (TPSA) is 220 Å². The maximum absolute atomic E-state index is 14.5. The quantitative estimate of drug-likeness (QED) is 0.0671. The Balaban J connectivity index is 1.10. The first-order valence-electron chi connectivity index (χ1n) is 21.4. The second-order valence-corrected chi connectivity index (χ2v) is 16.0. The fraction of sp³-hybridized carbons (Fsp3) is 0.404. The number of hydrogen-bond acceptors (Lipinski definition) is 10. The van der Waals surface area contributed by atoms with Crippen LogP contribution in [0.2, 0.25) is 0 Å². The second kappa shape index (κ2) is 21.4. The zero-order chi connectivity index (χ0) is 45.9. The lowest BCUT2D eigenvalue weighted by Crippen LogP contribution is -2.48. The summed E-state index contributed by atoms with van der Waals surface area (Å²) >= 11 is 0. The van der Waals surface area contributed by atoms with Crippen LogP contribution in [-0.2, 0) is 25.6 Å². The van der Waals surface area contributed by atoms with Crippen LogP contribution in [0.4, 0.5) is 14.5 Å². The maximum Gasteiger partial charge on any atom is 0.264 e. The molecule has 64 heavy (non-hydrogen) atoms. The highest BCUT2D eigenvalue weighted by Gasteiger charge is 2.32. The minimum atomic E-state index is -2.79. The number of alkyl halides is 2. The van der Waals surface area contributed by atoms with Gasteiger partial charge >= 0.3 is 0 Å². The molecule has 1 unspecified atom stereocenters. The van der Waals surface area contributed by atoms with Crippen molar-refractivity contribution in [1.29, 1.82) is 5.41 Å². The number of carbonyl (C=O) groups is 5. The van der Waals surface area contributed by atoms with E-state index in [1.54, 1.807) is 53.4 Å². The predicted molar refractivity (Wildman–Crippen MR) is 242 cm³/mol. The average Bonchev–Trinajstić information content (AvgIpc) is 3.30. The number of anilines is 1. The van der Waals surface area contributed by atoms with Crippen molar-refractivity contribution in [3.05, 3.63) is 87.9 Å². The average molecular weight is 877 g/mol. The summed E-state index contributed by atoms with van der Waals surface area (Å²) in [6, 6.07) is 8.95. The molecule has 2 aromatic carbocycles. The molecule has 3 aliphatic rings. The van der Waals surface area contributed by atoms with Crippen LogP contribution in [-0.4, -0.2) is 109 Å². The highest BCUT2D eigenvalue weighted by Crippen LogP contribution is 2.38. The summed E-state index contributed by atoms with van der Waals surface area (Å²) in [4.78, 5) is 75.3. The molecule has 1 saturated heterocycles. The molecular weight excluding hydrogens is 823 g/mol. The Morgan fingerprint density at radius 2 is 1.84 bits per heavy atom. The first-order chi connectivity index (χ1) is 30.8. The number of aryl methyl sites for hydroxylation is 1. The van der Waals surface area contributed by atoms with Crippen molar-refractivity contribution in [1.82, 2.24) is 25.4 Å². The largest absolute Gasteiger partial charge is 0.404 e. The van der Waals surface area contributed by atoms with Gasteiger partial charge in [0, 0.05) is 130 Å². The lowest BCUT2D eigenvalue weighted by atomic mass is 9.91. The van der Waals surface area contributed by atoms with E-state index in [0.717, 1.165) is 11.3 Å². The van der Waals surface area contributed by atoms with Crippen LogP contribution in [0.1, 0.15) is 97.3 Å². The molecule has 336 valence electrons. The van der Waals surface area contributed by atoms with E-state index in [2.05, 4.69) is 32.5 Å². The molecule has 4 heterocycles. The van der Waals surface area contributed by atoms with Crippen molar-refractivity contribution < 1.29 is 32.8 Å². The van der Waals surface area contributed by atoms with Gasteiger partial charge in [-0.2, -0.15) is 0 Å². The van der Waals surface area contributed by atoms with Crippen molar-refractivity contribution in [2.24, 2.45) is 16.5 Å². The third-order valence-corrected chi connectivity index (χ3v) is 11.9. The van der Waals surface area contributed by atoms with Crippen LogP contribution in [0.5, 0.6) is 0 Å². The molecule has 6 rings (SSSR count). The SMILES string of the molecule is CN=CC(=CN)c1cc2c(cc1C(F)F)N(C(=N)C1=C(NC3CCN(C(=O)CCC#Cc4ccc(C(=O)NC(CCC=O)C(N)=O)c5ncccc45)CC3)CCN(C(C)=O)C1)CCC2. The number of rotatable bonds is 14. The molecule has 7 N–H and O–H groups in total. The zero-order valence-corrected chi connectivity index (χ0v) is 36.1. The van der Waals surface area contributed by atoms with E-state index in [1.165, 1.54) is 25.4 Å². The van der Waals surface area contributed by atoms with Crippen LogP contribution in [0.25, 0.3) is 16.5 Å². The highest BCUT2D eigenvalue weighted by molar-refractivity contribution is 6.12. The van der Waals surface area contributed by atoms with Crippen LogP contribution in [0, 0.1) is 17.3 Å². The van der Waals surface area contributed by atoms with E-state index < -0.39 is 24.3 Å². The van der Waals surface area contributed by atoms with Crippen LogP contribution >= 0.6 is 0 Å². The Bertz CT molecular complexity index is 2470. The number of halogens is 2. The number of nitrogens with zero attached hydrogens (tertiary/aromatic N) is 5. The van der Waals surface area contributed by atoms with Crippen molar-refractivity contribution >= 4 is 64.1 Å². The van der Waals surface area contributed by atoms with E-state index in [9.17, 15) is 38.2 Å². The normalized spacial score (nSPS) is 16.3. The van der Waals surface area contributed by atoms with E-state index in [-0.39, 0.29) is 60.6 Å². The van der Waals surface area contributed by atoms with Crippen molar-refractivity contribution in [3.8, 4) is 11.8 Å². The molecular formula is C47H54F2N10O5. The Kier molecular flexibility index (Phi) is 15.6. The van der Waals surface area contributed by atoms with Crippen LogP contribution in [0.3, 0.4) is 0 Å². The van der Waals surface area contributed by atoms with Gasteiger partial charge in [0.15, 0.2) is 0 Å². The number of amides is 4. The number of fused-ring (bicyclic) bond motifs is 2. The Morgan fingerprint density at radius 3 is 2.53 bits per heavy atom. The number of piperidine rings is 1. The fourth-order valence-electron chi connectivity index (χ4n) is 8.45. The Morgan fingerprint density at radius 1 is 1.06 bits per heavy atom. The van der Waals surface area contributed by atoms with E-state index in [1.807, 2.05) is 4.90 Å². The number of aldehydes is 1.